The Morgan fingerprint density at radius 2 is 1.62 bits per heavy atom. The Morgan fingerprint density at radius 1 is 1.00 bits per heavy atom. The Labute approximate surface area is 143 Å². The van der Waals surface area contributed by atoms with Crippen molar-refractivity contribution in [2.75, 3.05) is 11.9 Å². The molecule has 0 aromatic heterocycles. The molecule has 24 heavy (non-hydrogen) atoms. The minimum absolute atomic E-state index is 0.249. The maximum Gasteiger partial charge on any atom is 0.408 e. The summed E-state index contributed by atoms with van der Waals surface area (Å²) in [5.74, 6) is 5.91. The molecule has 0 aliphatic carbocycles. The van der Waals surface area contributed by atoms with Gasteiger partial charge in [-0.05, 0) is 57.2 Å². The van der Waals surface area contributed by atoms with E-state index in [9.17, 15) is 4.79 Å². The zero-order valence-corrected chi connectivity index (χ0v) is 14.2. The molecule has 4 nitrogen and oxygen atoms in total. The van der Waals surface area contributed by atoms with Crippen LogP contribution in [0.25, 0.3) is 0 Å². The number of para-hydroxylation sites is 1. The standard InChI is InChI=1S/C20H22N2O2/c1-20(2,3)24-19(23)21-15-7-8-16-11-13-18(14-12-16)22-17-9-5-4-6-10-17/h4-6,9-14,22H,15H2,1-3H3,(H,21,23). The topological polar surface area (TPSA) is 50.4 Å². The van der Waals surface area contributed by atoms with Crippen molar-refractivity contribution in [1.29, 1.82) is 0 Å². The highest BCUT2D eigenvalue weighted by molar-refractivity contribution is 5.68. The Balaban J connectivity index is 1.83. The molecule has 0 bridgehead atoms. The van der Waals surface area contributed by atoms with Gasteiger partial charge in [-0.15, -0.1) is 0 Å². The van der Waals surface area contributed by atoms with Crippen molar-refractivity contribution in [3.63, 3.8) is 0 Å². The third-order valence-electron chi connectivity index (χ3n) is 2.90. The molecular formula is C20H22N2O2. The zero-order chi connectivity index (χ0) is 17.4. The Bertz CT molecular complexity index is 720. The molecule has 0 atom stereocenters. The number of hydrogen-bond donors (Lipinski definition) is 2. The van der Waals surface area contributed by atoms with E-state index < -0.39 is 11.7 Å². The van der Waals surface area contributed by atoms with Crippen LogP contribution in [0.3, 0.4) is 0 Å². The van der Waals surface area contributed by atoms with E-state index in [1.165, 1.54) is 0 Å². The van der Waals surface area contributed by atoms with Crippen LogP contribution in [0.2, 0.25) is 0 Å². The van der Waals surface area contributed by atoms with E-state index in [-0.39, 0.29) is 6.54 Å². The summed E-state index contributed by atoms with van der Waals surface area (Å²) < 4.78 is 5.14. The quantitative estimate of drug-likeness (QED) is 0.828. The number of hydrogen-bond acceptors (Lipinski definition) is 3. The SMILES string of the molecule is CC(C)(C)OC(=O)NCC#Cc1ccc(Nc2ccccc2)cc1. The molecule has 0 unspecified atom stereocenters. The average molecular weight is 322 g/mol. The highest BCUT2D eigenvalue weighted by atomic mass is 16.6. The van der Waals surface area contributed by atoms with Gasteiger partial charge < -0.3 is 15.4 Å². The summed E-state index contributed by atoms with van der Waals surface area (Å²) in [5, 5.41) is 5.92. The fourth-order valence-corrected chi connectivity index (χ4v) is 1.90. The predicted octanol–water partition coefficient (Wildman–Crippen LogP) is 4.31. The molecule has 0 aliphatic rings. The van der Waals surface area contributed by atoms with Crippen LogP contribution >= 0.6 is 0 Å². The number of carbonyl (C=O) groups is 1. The molecule has 0 heterocycles. The van der Waals surface area contributed by atoms with Gasteiger partial charge in [-0.3, -0.25) is 0 Å². The maximum atomic E-state index is 11.5. The van der Waals surface area contributed by atoms with Crippen molar-refractivity contribution in [3.8, 4) is 11.8 Å². The summed E-state index contributed by atoms with van der Waals surface area (Å²) >= 11 is 0. The number of nitrogens with one attached hydrogen (secondary N) is 2. The maximum absolute atomic E-state index is 11.5. The molecule has 2 rings (SSSR count). The van der Waals surface area contributed by atoms with Gasteiger partial charge in [0.1, 0.15) is 5.60 Å². The summed E-state index contributed by atoms with van der Waals surface area (Å²) in [6.45, 7) is 5.72. The molecule has 0 aliphatic heterocycles. The predicted molar refractivity (Wildman–Crippen MR) is 97.3 cm³/mol. The molecule has 1 amide bonds. The van der Waals surface area contributed by atoms with E-state index >= 15 is 0 Å². The van der Waals surface area contributed by atoms with E-state index in [1.807, 2.05) is 75.4 Å². The number of anilines is 2. The summed E-state index contributed by atoms with van der Waals surface area (Å²) in [4.78, 5) is 11.5. The smallest absolute Gasteiger partial charge is 0.408 e. The summed E-state index contributed by atoms with van der Waals surface area (Å²) in [6.07, 6.45) is -0.459. The molecule has 0 radical (unpaired) electrons. The van der Waals surface area contributed by atoms with E-state index in [4.69, 9.17) is 4.74 Å². The summed E-state index contributed by atoms with van der Waals surface area (Å²) in [5.41, 5.74) is 2.43. The minimum Gasteiger partial charge on any atom is -0.444 e. The van der Waals surface area contributed by atoms with E-state index in [0.29, 0.717) is 0 Å². The molecule has 124 valence electrons. The molecule has 0 fully saturated rings. The highest BCUT2D eigenvalue weighted by Gasteiger charge is 2.14. The van der Waals surface area contributed by atoms with Gasteiger partial charge in [-0.1, -0.05) is 30.0 Å². The third-order valence-corrected chi connectivity index (χ3v) is 2.90. The van der Waals surface area contributed by atoms with Crippen molar-refractivity contribution in [3.05, 3.63) is 60.2 Å². The number of ether oxygens (including phenoxy) is 1. The number of carbonyl (C=O) groups excluding carboxylic acids is 1. The van der Waals surface area contributed by atoms with Gasteiger partial charge in [0.15, 0.2) is 0 Å². The first-order chi connectivity index (χ1) is 11.4. The molecule has 2 aromatic carbocycles. The minimum atomic E-state index is -0.501. The first-order valence-corrected chi connectivity index (χ1v) is 7.80. The van der Waals surface area contributed by atoms with Gasteiger partial charge >= 0.3 is 6.09 Å². The van der Waals surface area contributed by atoms with Gasteiger partial charge in [-0.25, -0.2) is 4.79 Å². The normalized spacial score (nSPS) is 10.3. The van der Waals surface area contributed by atoms with Gasteiger partial charge in [0.25, 0.3) is 0 Å². The zero-order valence-electron chi connectivity index (χ0n) is 14.2. The summed E-state index contributed by atoms with van der Waals surface area (Å²) in [6, 6.07) is 17.8. The molecular weight excluding hydrogens is 300 g/mol. The summed E-state index contributed by atoms with van der Waals surface area (Å²) in [7, 11) is 0. The Kier molecular flexibility index (Phi) is 5.86. The van der Waals surface area contributed by atoms with Crippen LogP contribution in [0.5, 0.6) is 0 Å². The first-order valence-electron chi connectivity index (χ1n) is 7.80. The Morgan fingerprint density at radius 3 is 2.25 bits per heavy atom. The lowest BCUT2D eigenvalue weighted by molar-refractivity contribution is 0.0535. The van der Waals surface area contributed by atoms with Crippen molar-refractivity contribution < 1.29 is 9.53 Å². The monoisotopic (exact) mass is 322 g/mol. The van der Waals surface area contributed by atoms with Crippen molar-refractivity contribution in [1.82, 2.24) is 5.32 Å². The molecule has 2 N–H and O–H groups in total. The lowest BCUT2D eigenvalue weighted by Gasteiger charge is -2.18. The third kappa shape index (κ3) is 6.45. The van der Waals surface area contributed by atoms with Crippen LogP contribution < -0.4 is 10.6 Å². The fraction of sp³-hybridized carbons (Fsp3) is 0.250. The van der Waals surface area contributed by atoms with Gasteiger partial charge in [-0.2, -0.15) is 0 Å². The van der Waals surface area contributed by atoms with E-state index in [0.717, 1.165) is 16.9 Å². The van der Waals surface area contributed by atoms with Crippen LogP contribution in [0.1, 0.15) is 26.3 Å². The van der Waals surface area contributed by atoms with E-state index in [2.05, 4.69) is 22.5 Å². The molecule has 4 heteroatoms. The number of benzene rings is 2. The Hall–Kier alpha value is -2.93. The average Bonchev–Trinajstić information content (AvgIpc) is 2.52. The number of alkyl carbamates (subject to hydrolysis) is 1. The van der Waals surface area contributed by atoms with Crippen molar-refractivity contribution in [2.24, 2.45) is 0 Å². The first kappa shape index (κ1) is 17.4. The number of amides is 1. The van der Waals surface area contributed by atoms with Crippen LogP contribution in [0, 0.1) is 11.8 Å². The second kappa shape index (κ2) is 8.07. The molecule has 2 aromatic rings. The van der Waals surface area contributed by atoms with Gasteiger partial charge in [0.2, 0.25) is 0 Å². The lowest BCUT2D eigenvalue weighted by Crippen LogP contribution is -2.32. The molecule has 0 saturated heterocycles. The molecule has 0 spiro atoms. The fourth-order valence-electron chi connectivity index (χ4n) is 1.90. The van der Waals surface area contributed by atoms with Crippen LogP contribution in [0.4, 0.5) is 16.2 Å². The van der Waals surface area contributed by atoms with Gasteiger partial charge in [0.05, 0.1) is 6.54 Å². The van der Waals surface area contributed by atoms with Crippen LogP contribution in [-0.2, 0) is 4.74 Å². The largest absolute Gasteiger partial charge is 0.444 e. The second-order valence-electron chi connectivity index (χ2n) is 6.23. The lowest BCUT2D eigenvalue weighted by atomic mass is 10.2. The highest BCUT2D eigenvalue weighted by Crippen LogP contribution is 2.16. The second-order valence-corrected chi connectivity index (χ2v) is 6.23. The van der Waals surface area contributed by atoms with Crippen LogP contribution in [-0.4, -0.2) is 18.2 Å². The van der Waals surface area contributed by atoms with Gasteiger partial charge in [0, 0.05) is 16.9 Å². The molecule has 0 saturated carbocycles. The van der Waals surface area contributed by atoms with Crippen molar-refractivity contribution >= 4 is 17.5 Å². The van der Waals surface area contributed by atoms with Crippen LogP contribution in [0.15, 0.2) is 54.6 Å². The van der Waals surface area contributed by atoms with Crippen molar-refractivity contribution in [2.45, 2.75) is 26.4 Å². The van der Waals surface area contributed by atoms with E-state index in [1.54, 1.807) is 0 Å². The number of rotatable bonds is 3.